The van der Waals surface area contributed by atoms with Crippen LogP contribution in [0.15, 0.2) is 28.3 Å². The Morgan fingerprint density at radius 2 is 2.05 bits per heavy atom. The molecule has 1 aliphatic rings. The van der Waals surface area contributed by atoms with Crippen molar-refractivity contribution in [3.8, 4) is 0 Å². The van der Waals surface area contributed by atoms with Crippen LogP contribution in [0.3, 0.4) is 0 Å². The summed E-state index contributed by atoms with van der Waals surface area (Å²) in [5.74, 6) is 0. The Morgan fingerprint density at radius 3 is 2.55 bits per heavy atom. The molecule has 1 atom stereocenters. The summed E-state index contributed by atoms with van der Waals surface area (Å²) in [6.07, 6.45) is 3.78. The van der Waals surface area contributed by atoms with Gasteiger partial charge in [0.1, 0.15) is 4.90 Å². The highest BCUT2D eigenvalue weighted by atomic mass is 32.2. The molecule has 0 saturated carbocycles. The number of hydrogen-bond donors (Lipinski definition) is 2. The highest BCUT2D eigenvalue weighted by Gasteiger charge is 2.22. The lowest BCUT2D eigenvalue weighted by atomic mass is 10.1. The van der Waals surface area contributed by atoms with Gasteiger partial charge in [-0.05, 0) is 31.5 Å². The first-order valence-electron chi connectivity index (χ1n) is 6.18. The highest BCUT2D eigenvalue weighted by molar-refractivity contribution is 7.90. The van der Waals surface area contributed by atoms with E-state index in [9.17, 15) is 16.8 Å². The van der Waals surface area contributed by atoms with E-state index >= 15 is 0 Å². The van der Waals surface area contributed by atoms with Gasteiger partial charge < -0.3 is 5.32 Å². The van der Waals surface area contributed by atoms with Crippen LogP contribution in [0.25, 0.3) is 0 Å². The third-order valence-corrected chi connectivity index (χ3v) is 5.53. The molecular weight excluding hydrogens is 302 g/mol. The molecule has 0 amide bonds. The third-order valence-electron chi connectivity index (χ3n) is 3.02. The van der Waals surface area contributed by atoms with Crippen LogP contribution < -0.4 is 10.0 Å². The number of nitrogens with one attached hydrogen (secondary N) is 2. The van der Waals surface area contributed by atoms with Gasteiger partial charge in [0.05, 0.1) is 0 Å². The molecule has 2 heterocycles. The third kappa shape index (κ3) is 3.75. The zero-order chi connectivity index (χ0) is 14.8. The SMILES string of the molecule is CS(=O)(=O)c1ccc(S(=O)(=O)N[C@H]2CCCNC2)cn1. The average molecular weight is 319 g/mol. The molecule has 0 aliphatic carbocycles. The number of sulfone groups is 1. The fraction of sp³-hybridized carbons (Fsp3) is 0.545. The van der Waals surface area contributed by atoms with Gasteiger partial charge in [-0.25, -0.2) is 26.5 Å². The smallest absolute Gasteiger partial charge is 0.242 e. The van der Waals surface area contributed by atoms with Crippen molar-refractivity contribution < 1.29 is 16.8 Å². The summed E-state index contributed by atoms with van der Waals surface area (Å²) in [4.78, 5) is 3.65. The number of aromatic nitrogens is 1. The van der Waals surface area contributed by atoms with Gasteiger partial charge >= 0.3 is 0 Å². The summed E-state index contributed by atoms with van der Waals surface area (Å²) in [6, 6.07) is 2.30. The van der Waals surface area contributed by atoms with Crippen molar-refractivity contribution in [2.75, 3.05) is 19.3 Å². The molecule has 1 aromatic rings. The molecule has 0 aromatic carbocycles. The van der Waals surface area contributed by atoms with Crippen molar-refractivity contribution in [2.45, 2.75) is 28.8 Å². The molecule has 0 radical (unpaired) electrons. The lowest BCUT2D eigenvalue weighted by molar-refractivity contribution is 0.428. The van der Waals surface area contributed by atoms with E-state index in [0.717, 1.165) is 31.8 Å². The molecule has 1 aliphatic heterocycles. The molecule has 1 aromatic heterocycles. The van der Waals surface area contributed by atoms with E-state index in [1.807, 2.05) is 0 Å². The molecule has 2 N–H and O–H groups in total. The lowest BCUT2D eigenvalue weighted by Gasteiger charge is -2.23. The Kier molecular flexibility index (Phi) is 4.43. The second kappa shape index (κ2) is 5.76. The number of piperidine rings is 1. The number of sulfonamides is 1. The Bertz CT molecular complexity index is 662. The maximum atomic E-state index is 12.1. The van der Waals surface area contributed by atoms with Gasteiger partial charge in [-0.1, -0.05) is 0 Å². The van der Waals surface area contributed by atoms with E-state index in [4.69, 9.17) is 0 Å². The Hall–Kier alpha value is -1.03. The first kappa shape index (κ1) is 15.4. The quantitative estimate of drug-likeness (QED) is 0.776. The fourth-order valence-corrected chi connectivity index (χ4v) is 3.76. The number of hydrogen-bond acceptors (Lipinski definition) is 6. The molecule has 0 bridgehead atoms. The fourth-order valence-electron chi connectivity index (χ4n) is 1.98. The average Bonchev–Trinajstić information content (AvgIpc) is 2.38. The summed E-state index contributed by atoms with van der Waals surface area (Å²) >= 11 is 0. The van der Waals surface area contributed by atoms with Gasteiger partial charge in [0.2, 0.25) is 10.0 Å². The van der Waals surface area contributed by atoms with Crippen LogP contribution in [0.2, 0.25) is 0 Å². The van der Waals surface area contributed by atoms with Crippen LogP contribution in [0.5, 0.6) is 0 Å². The van der Waals surface area contributed by atoms with Gasteiger partial charge in [-0.2, -0.15) is 0 Å². The molecule has 0 unspecified atom stereocenters. The zero-order valence-electron chi connectivity index (χ0n) is 11.0. The first-order chi connectivity index (χ1) is 9.29. The molecule has 20 heavy (non-hydrogen) atoms. The van der Waals surface area contributed by atoms with Crippen molar-refractivity contribution in [1.82, 2.24) is 15.0 Å². The molecule has 1 saturated heterocycles. The van der Waals surface area contributed by atoms with E-state index in [1.165, 1.54) is 12.1 Å². The number of pyridine rings is 1. The van der Waals surface area contributed by atoms with Gasteiger partial charge in [-0.15, -0.1) is 0 Å². The topological polar surface area (TPSA) is 105 Å². The minimum absolute atomic E-state index is 0.0320. The molecule has 7 nitrogen and oxygen atoms in total. The van der Waals surface area contributed by atoms with E-state index in [1.54, 1.807) is 0 Å². The largest absolute Gasteiger partial charge is 0.315 e. The van der Waals surface area contributed by atoms with Crippen LogP contribution in [-0.2, 0) is 19.9 Å². The summed E-state index contributed by atoms with van der Waals surface area (Å²) in [6.45, 7) is 1.48. The monoisotopic (exact) mass is 319 g/mol. The second-order valence-electron chi connectivity index (χ2n) is 4.77. The zero-order valence-corrected chi connectivity index (χ0v) is 12.7. The maximum absolute atomic E-state index is 12.1. The van der Waals surface area contributed by atoms with Gasteiger partial charge in [0.25, 0.3) is 0 Å². The van der Waals surface area contributed by atoms with Crippen molar-refractivity contribution >= 4 is 19.9 Å². The van der Waals surface area contributed by atoms with Crippen LogP contribution in [0, 0.1) is 0 Å². The highest BCUT2D eigenvalue weighted by Crippen LogP contribution is 2.13. The predicted molar refractivity (Wildman–Crippen MR) is 73.6 cm³/mol. The van der Waals surface area contributed by atoms with Gasteiger partial charge in [-0.3, -0.25) is 0 Å². The van der Waals surface area contributed by atoms with Crippen molar-refractivity contribution in [1.29, 1.82) is 0 Å². The predicted octanol–water partition coefficient (Wildman–Crippen LogP) is -0.485. The number of rotatable bonds is 4. The molecule has 0 spiro atoms. The van der Waals surface area contributed by atoms with Crippen LogP contribution in [-0.4, -0.2) is 47.2 Å². The van der Waals surface area contributed by atoms with E-state index in [0.29, 0.717) is 6.54 Å². The summed E-state index contributed by atoms with van der Waals surface area (Å²) in [5.41, 5.74) is 0. The van der Waals surface area contributed by atoms with Crippen molar-refractivity contribution in [2.24, 2.45) is 0 Å². The Labute approximate surface area is 118 Å². The summed E-state index contributed by atoms with van der Waals surface area (Å²) in [5, 5.41) is 2.97. The molecule has 9 heteroatoms. The summed E-state index contributed by atoms with van der Waals surface area (Å²) < 4.78 is 49.4. The minimum atomic E-state index is -3.67. The molecule has 2 rings (SSSR count). The van der Waals surface area contributed by atoms with E-state index < -0.39 is 19.9 Å². The van der Waals surface area contributed by atoms with Gasteiger partial charge in [0, 0.05) is 25.0 Å². The lowest BCUT2D eigenvalue weighted by Crippen LogP contribution is -2.45. The van der Waals surface area contributed by atoms with Crippen LogP contribution in [0.1, 0.15) is 12.8 Å². The summed E-state index contributed by atoms with van der Waals surface area (Å²) in [7, 11) is -7.10. The van der Waals surface area contributed by atoms with E-state index in [2.05, 4.69) is 15.0 Å². The number of nitrogens with zero attached hydrogens (tertiary/aromatic N) is 1. The first-order valence-corrected chi connectivity index (χ1v) is 9.56. The molecule has 112 valence electrons. The normalized spacial score (nSPS) is 20.8. The van der Waals surface area contributed by atoms with E-state index in [-0.39, 0.29) is 16.0 Å². The van der Waals surface area contributed by atoms with Crippen LogP contribution in [0.4, 0.5) is 0 Å². The van der Waals surface area contributed by atoms with Crippen LogP contribution >= 0.6 is 0 Å². The van der Waals surface area contributed by atoms with Crippen molar-refractivity contribution in [3.05, 3.63) is 18.3 Å². The van der Waals surface area contributed by atoms with Crippen molar-refractivity contribution in [3.63, 3.8) is 0 Å². The minimum Gasteiger partial charge on any atom is -0.315 e. The Balaban J connectivity index is 2.17. The second-order valence-corrected chi connectivity index (χ2v) is 8.45. The van der Waals surface area contributed by atoms with Gasteiger partial charge in [0.15, 0.2) is 14.9 Å². The maximum Gasteiger partial charge on any atom is 0.242 e. The molecule has 1 fully saturated rings. The molecular formula is C11H17N3O4S2. The Morgan fingerprint density at radius 1 is 1.30 bits per heavy atom. The standard InChI is InChI=1S/C11H17N3O4S2/c1-19(15,16)11-5-4-10(8-13-11)20(17,18)14-9-3-2-6-12-7-9/h4-5,8-9,12,14H,2-3,6-7H2,1H3/t9-/m0/s1.